The molecule has 1 N–H and O–H groups in total. The van der Waals surface area contributed by atoms with Crippen molar-refractivity contribution in [3.8, 4) is 0 Å². The summed E-state index contributed by atoms with van der Waals surface area (Å²) in [6, 6.07) is 0.713. The first kappa shape index (κ1) is 21.4. The summed E-state index contributed by atoms with van der Waals surface area (Å²) >= 11 is 0. The highest BCUT2D eigenvalue weighted by atomic mass is 16.2. The molecule has 0 spiro atoms. The molecule has 0 aromatic carbocycles. The van der Waals surface area contributed by atoms with Crippen LogP contribution >= 0.6 is 0 Å². The number of carbonyl (C=O) groups excluding carboxylic acids is 1. The first-order valence-electron chi connectivity index (χ1n) is 12.0. The summed E-state index contributed by atoms with van der Waals surface area (Å²) in [6.07, 6.45) is 17.4. The molecule has 28 heavy (non-hydrogen) atoms. The van der Waals surface area contributed by atoms with Crippen molar-refractivity contribution in [1.82, 2.24) is 15.1 Å². The summed E-state index contributed by atoms with van der Waals surface area (Å²) in [6.45, 7) is 6.56. The Labute approximate surface area is 171 Å². The lowest BCUT2D eigenvalue weighted by Crippen LogP contribution is -2.35. The van der Waals surface area contributed by atoms with E-state index >= 15 is 0 Å². The molecule has 2 aliphatic carbocycles. The van der Waals surface area contributed by atoms with E-state index < -0.39 is 0 Å². The van der Waals surface area contributed by atoms with E-state index in [4.69, 9.17) is 5.10 Å². The standard InChI is InChI=1S/C24H41N3O/c1-4-5-16-22-19(3)27(21-14-10-7-11-15-21)26-23(22)24(28)25-18(2)17-20-12-8-6-9-13-20/h18,20-21H,4-17H2,1-3H3,(H,25,28). The molecule has 2 aliphatic rings. The minimum Gasteiger partial charge on any atom is -0.348 e. The predicted molar refractivity (Wildman–Crippen MR) is 116 cm³/mol. The molecule has 1 aromatic rings. The summed E-state index contributed by atoms with van der Waals surface area (Å²) in [4.78, 5) is 13.1. The van der Waals surface area contributed by atoms with E-state index in [1.165, 1.54) is 75.5 Å². The van der Waals surface area contributed by atoms with Crippen molar-refractivity contribution in [2.24, 2.45) is 5.92 Å². The Hall–Kier alpha value is -1.32. The van der Waals surface area contributed by atoms with E-state index in [-0.39, 0.29) is 11.9 Å². The first-order chi connectivity index (χ1) is 13.6. The van der Waals surface area contributed by atoms with Gasteiger partial charge in [-0.3, -0.25) is 9.48 Å². The largest absolute Gasteiger partial charge is 0.348 e. The van der Waals surface area contributed by atoms with Crippen LogP contribution in [-0.4, -0.2) is 21.7 Å². The van der Waals surface area contributed by atoms with Gasteiger partial charge in [-0.1, -0.05) is 64.7 Å². The van der Waals surface area contributed by atoms with Gasteiger partial charge in [-0.15, -0.1) is 0 Å². The van der Waals surface area contributed by atoms with Gasteiger partial charge in [0.2, 0.25) is 0 Å². The Morgan fingerprint density at radius 2 is 1.75 bits per heavy atom. The highest BCUT2D eigenvalue weighted by Crippen LogP contribution is 2.31. The fraction of sp³-hybridized carbons (Fsp3) is 0.833. The molecule has 1 heterocycles. The molecule has 1 amide bonds. The SMILES string of the molecule is CCCCc1c(C(=O)NC(C)CC2CCCCC2)nn(C2CCCCC2)c1C. The smallest absolute Gasteiger partial charge is 0.272 e. The Morgan fingerprint density at radius 1 is 1.11 bits per heavy atom. The van der Waals surface area contributed by atoms with Gasteiger partial charge in [0.1, 0.15) is 0 Å². The number of aromatic nitrogens is 2. The number of carbonyl (C=O) groups is 1. The lowest BCUT2D eigenvalue weighted by molar-refractivity contribution is 0.0925. The summed E-state index contributed by atoms with van der Waals surface area (Å²) in [5.41, 5.74) is 3.12. The molecule has 2 saturated carbocycles. The van der Waals surface area contributed by atoms with Gasteiger partial charge in [0.05, 0.1) is 6.04 Å². The second kappa shape index (κ2) is 10.5. The highest BCUT2D eigenvalue weighted by molar-refractivity contribution is 5.94. The van der Waals surface area contributed by atoms with Crippen molar-refractivity contribution >= 4 is 5.91 Å². The number of hydrogen-bond acceptors (Lipinski definition) is 2. The van der Waals surface area contributed by atoms with Crippen molar-refractivity contribution in [3.63, 3.8) is 0 Å². The van der Waals surface area contributed by atoms with Crippen LogP contribution in [0.2, 0.25) is 0 Å². The quantitative estimate of drug-likeness (QED) is 0.583. The summed E-state index contributed by atoms with van der Waals surface area (Å²) in [5.74, 6) is 0.831. The summed E-state index contributed by atoms with van der Waals surface area (Å²) in [5, 5.41) is 8.18. The molecule has 3 rings (SSSR count). The van der Waals surface area contributed by atoms with Crippen molar-refractivity contribution in [3.05, 3.63) is 17.0 Å². The second-order valence-electron chi connectivity index (χ2n) is 9.37. The van der Waals surface area contributed by atoms with Crippen LogP contribution in [0.25, 0.3) is 0 Å². The third-order valence-electron chi connectivity index (χ3n) is 6.98. The van der Waals surface area contributed by atoms with Gasteiger partial charge in [0, 0.05) is 17.3 Å². The van der Waals surface area contributed by atoms with Crippen LogP contribution in [-0.2, 0) is 6.42 Å². The zero-order chi connectivity index (χ0) is 19.9. The maximum Gasteiger partial charge on any atom is 0.272 e. The number of nitrogens with one attached hydrogen (secondary N) is 1. The number of amides is 1. The van der Waals surface area contributed by atoms with Gasteiger partial charge in [-0.2, -0.15) is 5.10 Å². The Morgan fingerprint density at radius 3 is 2.39 bits per heavy atom. The molecule has 4 heteroatoms. The average Bonchev–Trinajstić information content (AvgIpc) is 3.04. The molecule has 0 bridgehead atoms. The number of rotatable bonds is 8. The molecular formula is C24H41N3O. The van der Waals surface area contributed by atoms with Crippen LogP contribution in [0.15, 0.2) is 0 Å². The fourth-order valence-electron chi connectivity index (χ4n) is 5.34. The third kappa shape index (κ3) is 5.39. The van der Waals surface area contributed by atoms with E-state index in [9.17, 15) is 4.79 Å². The topological polar surface area (TPSA) is 46.9 Å². The van der Waals surface area contributed by atoms with Gasteiger partial charge in [0.15, 0.2) is 5.69 Å². The number of hydrogen-bond donors (Lipinski definition) is 1. The molecule has 1 unspecified atom stereocenters. The first-order valence-corrected chi connectivity index (χ1v) is 12.0. The monoisotopic (exact) mass is 387 g/mol. The fourth-order valence-corrected chi connectivity index (χ4v) is 5.34. The normalized spacial score (nSPS) is 20.2. The van der Waals surface area contributed by atoms with E-state index in [1.54, 1.807) is 0 Å². The maximum absolute atomic E-state index is 13.1. The number of unbranched alkanes of at least 4 members (excludes halogenated alkanes) is 1. The van der Waals surface area contributed by atoms with Crippen LogP contribution in [0.1, 0.15) is 125 Å². The van der Waals surface area contributed by atoms with Gasteiger partial charge in [-0.05, 0) is 51.9 Å². The summed E-state index contributed by atoms with van der Waals surface area (Å²) < 4.78 is 2.20. The molecule has 1 atom stereocenters. The van der Waals surface area contributed by atoms with E-state index in [1.807, 2.05) is 0 Å². The lowest BCUT2D eigenvalue weighted by Gasteiger charge is -2.25. The zero-order valence-corrected chi connectivity index (χ0v) is 18.4. The minimum absolute atomic E-state index is 0.0482. The predicted octanol–water partition coefficient (Wildman–Crippen LogP) is 6.13. The van der Waals surface area contributed by atoms with Crippen molar-refractivity contribution < 1.29 is 4.79 Å². The highest BCUT2D eigenvalue weighted by Gasteiger charge is 2.26. The van der Waals surface area contributed by atoms with Crippen molar-refractivity contribution in [2.45, 2.75) is 123 Å². The minimum atomic E-state index is 0.0482. The van der Waals surface area contributed by atoms with Crippen LogP contribution in [0, 0.1) is 12.8 Å². The Kier molecular flexibility index (Phi) is 7.99. The van der Waals surface area contributed by atoms with Gasteiger partial charge < -0.3 is 5.32 Å². The van der Waals surface area contributed by atoms with E-state index in [0.717, 1.165) is 31.6 Å². The molecule has 0 radical (unpaired) electrons. The van der Waals surface area contributed by atoms with Crippen LogP contribution in [0.3, 0.4) is 0 Å². The van der Waals surface area contributed by atoms with Crippen molar-refractivity contribution in [1.29, 1.82) is 0 Å². The summed E-state index contributed by atoms with van der Waals surface area (Å²) in [7, 11) is 0. The van der Waals surface area contributed by atoms with Gasteiger partial charge >= 0.3 is 0 Å². The van der Waals surface area contributed by atoms with Crippen molar-refractivity contribution in [2.75, 3.05) is 0 Å². The average molecular weight is 388 g/mol. The lowest BCUT2D eigenvalue weighted by atomic mass is 9.85. The molecule has 0 aliphatic heterocycles. The van der Waals surface area contributed by atoms with Gasteiger partial charge in [-0.25, -0.2) is 0 Å². The molecule has 0 saturated heterocycles. The molecular weight excluding hydrogens is 346 g/mol. The second-order valence-corrected chi connectivity index (χ2v) is 9.37. The molecule has 158 valence electrons. The molecule has 1 aromatic heterocycles. The van der Waals surface area contributed by atoms with Crippen LogP contribution in [0.4, 0.5) is 0 Å². The van der Waals surface area contributed by atoms with Gasteiger partial charge in [0.25, 0.3) is 5.91 Å². The number of nitrogens with zero attached hydrogens (tertiary/aromatic N) is 2. The van der Waals surface area contributed by atoms with Crippen LogP contribution < -0.4 is 5.32 Å². The van der Waals surface area contributed by atoms with Crippen LogP contribution in [0.5, 0.6) is 0 Å². The van der Waals surface area contributed by atoms with E-state index in [0.29, 0.717) is 11.7 Å². The van der Waals surface area contributed by atoms with E-state index in [2.05, 4.69) is 30.8 Å². The molecule has 4 nitrogen and oxygen atoms in total. The maximum atomic E-state index is 13.1. The third-order valence-corrected chi connectivity index (χ3v) is 6.98. The Bertz CT molecular complexity index is 624. The Balaban J connectivity index is 1.71. The zero-order valence-electron chi connectivity index (χ0n) is 18.4. The molecule has 2 fully saturated rings.